The smallest absolute Gasteiger partial charge is 0.257 e. The maximum Gasteiger partial charge on any atom is 0.257 e. The maximum atomic E-state index is 13.1. The molecule has 0 aliphatic carbocycles. The van der Waals surface area contributed by atoms with Gasteiger partial charge in [0.1, 0.15) is 0 Å². The van der Waals surface area contributed by atoms with Crippen molar-refractivity contribution in [2.24, 2.45) is 11.3 Å². The third-order valence-corrected chi connectivity index (χ3v) is 5.57. The van der Waals surface area contributed by atoms with Crippen molar-refractivity contribution in [2.75, 3.05) is 40.3 Å². The Morgan fingerprint density at radius 3 is 2.50 bits per heavy atom. The molecular formula is C23H33N5O2. The van der Waals surface area contributed by atoms with Crippen molar-refractivity contribution in [3.05, 3.63) is 42.1 Å². The second kappa shape index (κ2) is 9.43. The summed E-state index contributed by atoms with van der Waals surface area (Å²) < 4.78 is 0. The first-order valence-electron chi connectivity index (χ1n) is 10.6. The zero-order chi connectivity index (χ0) is 21.7. The van der Waals surface area contributed by atoms with Crippen LogP contribution in [-0.4, -0.2) is 72.1 Å². The largest absolute Gasteiger partial charge is 0.355 e. The minimum atomic E-state index is -0.0397. The second-order valence-electron chi connectivity index (χ2n) is 9.21. The molecule has 2 N–H and O–H groups in total. The lowest BCUT2D eigenvalue weighted by atomic mass is 9.91. The Morgan fingerprint density at radius 2 is 1.87 bits per heavy atom. The molecule has 1 saturated heterocycles. The van der Waals surface area contributed by atoms with Gasteiger partial charge in [-0.05, 0) is 32.4 Å². The van der Waals surface area contributed by atoms with Gasteiger partial charge in [-0.3, -0.25) is 14.7 Å². The number of rotatable bonds is 7. The molecule has 7 heteroatoms. The summed E-state index contributed by atoms with van der Waals surface area (Å²) in [6.45, 7) is 7.04. The van der Waals surface area contributed by atoms with E-state index in [0.717, 1.165) is 17.8 Å². The number of nitrogens with one attached hydrogen (secondary N) is 2. The van der Waals surface area contributed by atoms with Crippen LogP contribution in [0.4, 0.5) is 0 Å². The minimum absolute atomic E-state index is 0.0188. The molecule has 30 heavy (non-hydrogen) atoms. The third kappa shape index (κ3) is 5.48. The van der Waals surface area contributed by atoms with Crippen LogP contribution < -0.4 is 5.32 Å². The first-order chi connectivity index (χ1) is 14.3. The molecule has 2 amide bonds. The van der Waals surface area contributed by atoms with Crippen molar-refractivity contribution in [1.29, 1.82) is 0 Å². The molecular weight excluding hydrogens is 378 g/mol. The van der Waals surface area contributed by atoms with Gasteiger partial charge in [0.15, 0.2) is 0 Å². The van der Waals surface area contributed by atoms with Gasteiger partial charge in [0, 0.05) is 37.7 Å². The van der Waals surface area contributed by atoms with E-state index in [0.29, 0.717) is 38.0 Å². The molecule has 1 aliphatic rings. The van der Waals surface area contributed by atoms with Crippen LogP contribution >= 0.6 is 0 Å². The van der Waals surface area contributed by atoms with E-state index in [9.17, 15) is 9.59 Å². The van der Waals surface area contributed by atoms with Gasteiger partial charge < -0.3 is 15.1 Å². The molecule has 1 aromatic heterocycles. The average molecular weight is 412 g/mol. The summed E-state index contributed by atoms with van der Waals surface area (Å²) in [6, 6.07) is 9.73. The van der Waals surface area contributed by atoms with Crippen molar-refractivity contribution < 1.29 is 9.59 Å². The van der Waals surface area contributed by atoms with Crippen LogP contribution in [0.25, 0.3) is 11.3 Å². The van der Waals surface area contributed by atoms with Crippen LogP contribution in [0, 0.1) is 11.3 Å². The molecule has 2 aromatic rings. The second-order valence-corrected chi connectivity index (χ2v) is 9.21. The molecule has 1 aromatic carbocycles. The number of piperidine rings is 1. The number of hydrogen-bond donors (Lipinski definition) is 2. The summed E-state index contributed by atoms with van der Waals surface area (Å²) in [7, 11) is 4.08. The molecule has 2 heterocycles. The zero-order valence-electron chi connectivity index (χ0n) is 18.4. The number of hydrogen-bond acceptors (Lipinski definition) is 4. The predicted octanol–water partition coefficient (Wildman–Crippen LogP) is 2.63. The summed E-state index contributed by atoms with van der Waals surface area (Å²) in [5.41, 5.74) is 2.27. The number of carbonyl (C=O) groups is 2. The van der Waals surface area contributed by atoms with Gasteiger partial charge in [-0.1, -0.05) is 44.2 Å². The Balaban J connectivity index is 1.54. The number of aromatic amines is 1. The summed E-state index contributed by atoms with van der Waals surface area (Å²) in [6.07, 6.45) is 2.96. The Kier molecular flexibility index (Phi) is 6.92. The SMILES string of the molecule is CN(C)CC(C)(C)CNC(=O)C1CCN(C(=O)c2cn[nH]c2-c2ccccc2)CC1. The number of likely N-dealkylation sites (tertiary alicyclic amines) is 1. The van der Waals surface area contributed by atoms with Gasteiger partial charge in [0.2, 0.25) is 5.91 Å². The van der Waals surface area contributed by atoms with Gasteiger partial charge in [0.05, 0.1) is 17.5 Å². The molecule has 0 saturated carbocycles. The number of benzene rings is 1. The molecule has 0 bridgehead atoms. The van der Waals surface area contributed by atoms with Gasteiger partial charge >= 0.3 is 0 Å². The van der Waals surface area contributed by atoms with Gasteiger partial charge in [0.25, 0.3) is 5.91 Å². The minimum Gasteiger partial charge on any atom is -0.355 e. The number of amides is 2. The number of carbonyl (C=O) groups excluding carboxylic acids is 2. The van der Waals surface area contributed by atoms with E-state index in [2.05, 4.69) is 34.3 Å². The van der Waals surface area contributed by atoms with E-state index < -0.39 is 0 Å². The summed E-state index contributed by atoms with van der Waals surface area (Å²) >= 11 is 0. The fraction of sp³-hybridized carbons (Fsp3) is 0.522. The maximum absolute atomic E-state index is 13.1. The van der Waals surface area contributed by atoms with Gasteiger partial charge in [-0.25, -0.2) is 0 Å². The molecule has 0 spiro atoms. The highest BCUT2D eigenvalue weighted by Crippen LogP contribution is 2.25. The lowest BCUT2D eigenvalue weighted by molar-refractivity contribution is -0.126. The summed E-state index contributed by atoms with van der Waals surface area (Å²) in [4.78, 5) is 29.6. The molecule has 162 valence electrons. The topological polar surface area (TPSA) is 81.3 Å². The molecule has 1 aliphatic heterocycles. The van der Waals surface area contributed by atoms with Crippen LogP contribution in [0.3, 0.4) is 0 Å². The first kappa shape index (κ1) is 22.0. The average Bonchev–Trinajstić information content (AvgIpc) is 3.21. The van der Waals surface area contributed by atoms with Gasteiger partial charge in [-0.15, -0.1) is 0 Å². The van der Waals surface area contributed by atoms with Crippen LogP contribution in [0.5, 0.6) is 0 Å². The molecule has 0 atom stereocenters. The molecule has 3 rings (SSSR count). The lowest BCUT2D eigenvalue weighted by Crippen LogP contribution is -2.46. The van der Waals surface area contributed by atoms with Crippen molar-refractivity contribution >= 4 is 11.8 Å². The molecule has 0 unspecified atom stereocenters. The van der Waals surface area contributed by atoms with E-state index in [4.69, 9.17) is 0 Å². The summed E-state index contributed by atoms with van der Waals surface area (Å²) in [5, 5.41) is 10.1. The summed E-state index contributed by atoms with van der Waals surface area (Å²) in [5.74, 6) is 0.0259. The monoisotopic (exact) mass is 411 g/mol. The van der Waals surface area contributed by atoms with E-state index in [1.807, 2.05) is 49.3 Å². The highest BCUT2D eigenvalue weighted by atomic mass is 16.2. The van der Waals surface area contributed by atoms with Crippen LogP contribution in [0.2, 0.25) is 0 Å². The van der Waals surface area contributed by atoms with Crippen molar-refractivity contribution in [2.45, 2.75) is 26.7 Å². The fourth-order valence-electron chi connectivity index (χ4n) is 4.17. The van der Waals surface area contributed by atoms with Crippen LogP contribution in [-0.2, 0) is 4.79 Å². The predicted molar refractivity (Wildman–Crippen MR) is 118 cm³/mol. The zero-order valence-corrected chi connectivity index (χ0v) is 18.4. The molecule has 0 radical (unpaired) electrons. The number of nitrogens with zero attached hydrogens (tertiary/aromatic N) is 3. The van der Waals surface area contributed by atoms with Crippen molar-refractivity contribution in [3.63, 3.8) is 0 Å². The Bertz CT molecular complexity index is 851. The third-order valence-electron chi connectivity index (χ3n) is 5.57. The van der Waals surface area contributed by atoms with Crippen molar-refractivity contribution in [3.8, 4) is 11.3 Å². The van der Waals surface area contributed by atoms with Crippen LogP contribution in [0.1, 0.15) is 37.0 Å². The van der Waals surface area contributed by atoms with Crippen molar-refractivity contribution in [1.82, 2.24) is 25.3 Å². The Labute approximate surface area is 178 Å². The van der Waals surface area contributed by atoms with E-state index in [1.165, 1.54) is 0 Å². The first-order valence-corrected chi connectivity index (χ1v) is 10.6. The normalized spacial score (nSPS) is 15.4. The Morgan fingerprint density at radius 1 is 1.20 bits per heavy atom. The van der Waals surface area contributed by atoms with Gasteiger partial charge in [-0.2, -0.15) is 5.10 Å². The van der Waals surface area contributed by atoms with E-state index in [-0.39, 0.29) is 23.1 Å². The lowest BCUT2D eigenvalue weighted by Gasteiger charge is -2.33. The highest BCUT2D eigenvalue weighted by molar-refractivity contribution is 5.99. The van der Waals surface area contributed by atoms with E-state index >= 15 is 0 Å². The number of aromatic nitrogens is 2. The molecule has 7 nitrogen and oxygen atoms in total. The molecule has 1 fully saturated rings. The quantitative estimate of drug-likeness (QED) is 0.734. The fourth-order valence-corrected chi connectivity index (χ4v) is 4.17. The highest BCUT2D eigenvalue weighted by Gasteiger charge is 2.30. The number of H-pyrrole nitrogens is 1. The van der Waals surface area contributed by atoms with E-state index in [1.54, 1.807) is 6.20 Å². The van der Waals surface area contributed by atoms with Crippen LogP contribution in [0.15, 0.2) is 36.5 Å². The standard InChI is InChI=1S/C23H33N5O2/c1-23(2,16-27(3)4)15-24-21(29)18-10-12-28(13-11-18)22(30)19-14-25-26-20(19)17-8-6-5-7-9-17/h5-9,14,18H,10-13,15-16H2,1-4H3,(H,24,29)(H,25,26). The Hall–Kier alpha value is -2.67.